The lowest BCUT2D eigenvalue weighted by molar-refractivity contribution is -0.140. The van der Waals surface area contributed by atoms with Gasteiger partial charge in [-0.2, -0.15) is 0 Å². The van der Waals surface area contributed by atoms with Gasteiger partial charge in [0.1, 0.15) is 23.0 Å². The summed E-state index contributed by atoms with van der Waals surface area (Å²) < 4.78 is 10.6. The van der Waals surface area contributed by atoms with E-state index in [9.17, 15) is 19.8 Å². The summed E-state index contributed by atoms with van der Waals surface area (Å²) >= 11 is 6.19. The lowest BCUT2D eigenvalue weighted by atomic mass is 9.94. The number of ether oxygens (including phenoxy) is 2. The molecule has 0 spiro atoms. The van der Waals surface area contributed by atoms with Crippen molar-refractivity contribution in [2.24, 2.45) is 0 Å². The van der Waals surface area contributed by atoms with Crippen molar-refractivity contribution < 1.29 is 29.3 Å². The maximum Gasteiger partial charge on any atom is 0.296 e. The standard InChI is InChI=1S/C25H21ClN2O6/c1-33-19-12-18(26)20(34-2)11-17(19)23(30)21-22(14-6-5-8-16(29)10-14)28(25(32)24(21)31)13-15-7-3-4-9-27-15/h3-12,22,29-30H,13H2,1-2H3/b23-21+. The number of carbonyl (C=O) groups is 2. The predicted molar refractivity (Wildman–Crippen MR) is 125 cm³/mol. The Morgan fingerprint density at radius 1 is 1.06 bits per heavy atom. The molecule has 1 aliphatic heterocycles. The van der Waals surface area contributed by atoms with Crippen LogP contribution in [-0.2, 0) is 16.1 Å². The summed E-state index contributed by atoms with van der Waals surface area (Å²) in [6, 6.07) is 13.3. The van der Waals surface area contributed by atoms with Crippen molar-refractivity contribution in [1.29, 1.82) is 0 Å². The van der Waals surface area contributed by atoms with Crippen molar-refractivity contribution in [3.63, 3.8) is 0 Å². The predicted octanol–water partition coefficient (Wildman–Crippen LogP) is 4.08. The first-order valence-electron chi connectivity index (χ1n) is 10.2. The number of pyridine rings is 1. The van der Waals surface area contributed by atoms with E-state index in [-0.39, 0.29) is 40.0 Å². The molecule has 1 aromatic heterocycles. The van der Waals surface area contributed by atoms with Crippen LogP contribution >= 0.6 is 11.6 Å². The maximum absolute atomic E-state index is 13.2. The van der Waals surface area contributed by atoms with Crippen molar-refractivity contribution in [1.82, 2.24) is 9.88 Å². The summed E-state index contributed by atoms with van der Waals surface area (Å²) in [4.78, 5) is 31.9. The minimum atomic E-state index is -0.986. The van der Waals surface area contributed by atoms with Gasteiger partial charge in [0, 0.05) is 12.3 Å². The van der Waals surface area contributed by atoms with E-state index in [2.05, 4.69) is 4.98 Å². The quantitative estimate of drug-likeness (QED) is 0.311. The fourth-order valence-corrected chi connectivity index (χ4v) is 4.17. The molecule has 2 heterocycles. The van der Waals surface area contributed by atoms with E-state index in [1.807, 2.05) is 0 Å². The van der Waals surface area contributed by atoms with E-state index in [4.69, 9.17) is 21.1 Å². The largest absolute Gasteiger partial charge is 0.508 e. The fraction of sp³-hybridized carbons (Fsp3) is 0.160. The van der Waals surface area contributed by atoms with Crippen molar-refractivity contribution in [2.45, 2.75) is 12.6 Å². The number of phenols is 1. The van der Waals surface area contributed by atoms with Crippen molar-refractivity contribution >= 4 is 29.1 Å². The molecule has 8 nitrogen and oxygen atoms in total. The molecule has 0 aliphatic carbocycles. The van der Waals surface area contributed by atoms with Crippen LogP contribution in [0.25, 0.3) is 5.76 Å². The number of benzene rings is 2. The molecule has 3 aromatic rings. The number of Topliss-reactive ketones (excluding diaryl/α,β-unsaturated/α-hetero) is 1. The number of aliphatic hydroxyl groups is 1. The van der Waals surface area contributed by atoms with Crippen LogP contribution in [0.2, 0.25) is 5.02 Å². The Labute approximate surface area is 200 Å². The van der Waals surface area contributed by atoms with Crippen LogP contribution in [0.3, 0.4) is 0 Å². The number of aliphatic hydroxyl groups excluding tert-OH is 1. The Bertz CT molecular complexity index is 1290. The minimum absolute atomic E-state index is 0.0175. The summed E-state index contributed by atoms with van der Waals surface area (Å²) in [5.74, 6) is -1.75. The summed E-state index contributed by atoms with van der Waals surface area (Å²) in [6.45, 7) is 0.0175. The van der Waals surface area contributed by atoms with Gasteiger partial charge in [-0.1, -0.05) is 29.8 Å². The number of aromatic nitrogens is 1. The molecule has 174 valence electrons. The highest BCUT2D eigenvalue weighted by atomic mass is 35.5. The number of methoxy groups -OCH3 is 2. The summed E-state index contributed by atoms with van der Waals surface area (Å²) in [7, 11) is 2.80. The molecule has 2 N–H and O–H groups in total. The van der Waals surface area contributed by atoms with Crippen LogP contribution in [0.5, 0.6) is 17.2 Å². The Morgan fingerprint density at radius 2 is 1.82 bits per heavy atom. The number of hydrogen-bond acceptors (Lipinski definition) is 7. The third kappa shape index (κ3) is 4.15. The number of aromatic hydroxyl groups is 1. The molecule has 9 heteroatoms. The van der Waals surface area contributed by atoms with Crippen molar-refractivity contribution in [3.8, 4) is 17.2 Å². The highest BCUT2D eigenvalue weighted by Gasteiger charge is 2.46. The molecule has 34 heavy (non-hydrogen) atoms. The normalized spacial score (nSPS) is 17.1. The van der Waals surface area contributed by atoms with Crippen molar-refractivity contribution in [2.75, 3.05) is 14.2 Å². The van der Waals surface area contributed by atoms with Gasteiger partial charge < -0.3 is 24.6 Å². The zero-order chi connectivity index (χ0) is 24.4. The first kappa shape index (κ1) is 23.1. The van der Waals surface area contributed by atoms with Gasteiger partial charge in [0.15, 0.2) is 0 Å². The zero-order valence-electron chi connectivity index (χ0n) is 18.4. The van der Waals surface area contributed by atoms with E-state index in [1.165, 1.54) is 43.4 Å². The minimum Gasteiger partial charge on any atom is -0.508 e. The first-order valence-corrected chi connectivity index (χ1v) is 10.6. The third-order valence-electron chi connectivity index (χ3n) is 5.51. The van der Waals surface area contributed by atoms with Crippen LogP contribution in [0.4, 0.5) is 0 Å². The van der Waals surface area contributed by atoms with E-state index >= 15 is 0 Å². The lowest BCUT2D eigenvalue weighted by Gasteiger charge is -2.25. The van der Waals surface area contributed by atoms with Gasteiger partial charge >= 0.3 is 0 Å². The highest BCUT2D eigenvalue weighted by molar-refractivity contribution is 6.46. The second-order valence-corrected chi connectivity index (χ2v) is 7.94. The van der Waals surface area contributed by atoms with Crippen molar-refractivity contribution in [3.05, 3.63) is 88.2 Å². The smallest absolute Gasteiger partial charge is 0.296 e. The Balaban J connectivity index is 1.93. The number of nitrogens with zero attached hydrogens (tertiary/aromatic N) is 2. The van der Waals surface area contributed by atoms with Crippen LogP contribution in [0, 0.1) is 0 Å². The van der Waals surface area contributed by atoms with E-state index in [0.29, 0.717) is 11.3 Å². The van der Waals surface area contributed by atoms with Crippen LogP contribution < -0.4 is 9.47 Å². The molecule has 0 saturated carbocycles. The number of halogens is 1. The van der Waals surface area contributed by atoms with Gasteiger partial charge in [0.2, 0.25) is 0 Å². The number of phenolic OH excluding ortho intramolecular Hbond substituents is 1. The Kier molecular flexibility index (Phi) is 6.43. The second-order valence-electron chi connectivity index (χ2n) is 7.53. The maximum atomic E-state index is 13.2. The van der Waals surface area contributed by atoms with E-state index in [1.54, 1.807) is 36.5 Å². The Hall–Kier alpha value is -4.04. The second kappa shape index (κ2) is 9.44. The van der Waals surface area contributed by atoms with Crippen LogP contribution in [0.1, 0.15) is 22.9 Å². The molecule has 2 aromatic carbocycles. The molecule has 0 bridgehead atoms. The number of ketones is 1. The fourth-order valence-electron chi connectivity index (χ4n) is 3.94. The molecule has 1 atom stereocenters. The number of carbonyl (C=O) groups excluding carboxylic acids is 2. The molecule has 1 unspecified atom stereocenters. The summed E-state index contributed by atoms with van der Waals surface area (Å²) in [5.41, 5.74) is 0.968. The Morgan fingerprint density at radius 3 is 2.47 bits per heavy atom. The average Bonchev–Trinajstić information content (AvgIpc) is 3.09. The highest BCUT2D eigenvalue weighted by Crippen LogP contribution is 2.43. The third-order valence-corrected chi connectivity index (χ3v) is 5.81. The summed E-state index contributed by atoms with van der Waals surface area (Å²) in [6.07, 6.45) is 1.58. The zero-order valence-corrected chi connectivity index (χ0v) is 19.1. The van der Waals surface area contributed by atoms with Gasteiger partial charge in [-0.15, -0.1) is 0 Å². The number of amides is 1. The molecule has 0 radical (unpaired) electrons. The number of hydrogen-bond donors (Lipinski definition) is 2. The van der Waals surface area contributed by atoms with E-state index < -0.39 is 23.5 Å². The number of likely N-dealkylation sites (tertiary alicyclic amines) is 1. The van der Waals surface area contributed by atoms with Gasteiger partial charge in [0.05, 0.1) is 48.7 Å². The molecule has 4 rings (SSSR count). The van der Waals surface area contributed by atoms with Crippen LogP contribution in [-0.4, -0.2) is 46.0 Å². The van der Waals surface area contributed by atoms with Gasteiger partial charge in [0.25, 0.3) is 11.7 Å². The molecular formula is C25H21ClN2O6. The SMILES string of the molecule is COc1cc(/C(O)=C2\C(=O)C(=O)N(Cc3ccccn3)C2c2cccc(O)c2)c(OC)cc1Cl. The molecular weight excluding hydrogens is 460 g/mol. The molecule has 1 aliphatic rings. The van der Waals surface area contributed by atoms with Gasteiger partial charge in [-0.25, -0.2) is 0 Å². The average molecular weight is 481 g/mol. The van der Waals surface area contributed by atoms with Crippen LogP contribution in [0.15, 0.2) is 66.4 Å². The molecule has 1 fully saturated rings. The van der Waals surface area contributed by atoms with Gasteiger partial charge in [-0.3, -0.25) is 14.6 Å². The number of rotatable bonds is 6. The lowest BCUT2D eigenvalue weighted by Crippen LogP contribution is -2.29. The molecule has 1 saturated heterocycles. The summed E-state index contributed by atoms with van der Waals surface area (Å²) in [5, 5.41) is 21.7. The van der Waals surface area contributed by atoms with E-state index in [0.717, 1.165) is 0 Å². The topological polar surface area (TPSA) is 109 Å². The first-order chi connectivity index (χ1) is 16.3. The molecule has 1 amide bonds. The van der Waals surface area contributed by atoms with Gasteiger partial charge in [-0.05, 0) is 35.9 Å². The monoisotopic (exact) mass is 480 g/mol.